The molecular formula is C14H21N3O2. The highest BCUT2D eigenvalue weighted by atomic mass is 16.4. The molecule has 1 heterocycles. The van der Waals surface area contributed by atoms with Crippen LogP contribution in [0.4, 0.5) is 0 Å². The standard InChI is InChI=1S/C14H21N3O2/c18-12(19)9-14(6-2-1-3-7-14)8-11-15-13(17-16-11)10-4-5-10/h10H,1-9H2,(H,18,19)(H,15,16,17). The van der Waals surface area contributed by atoms with Crippen molar-refractivity contribution in [1.82, 2.24) is 15.2 Å². The van der Waals surface area contributed by atoms with Crippen molar-refractivity contribution in [3.8, 4) is 0 Å². The van der Waals surface area contributed by atoms with E-state index in [4.69, 9.17) is 5.11 Å². The molecule has 2 N–H and O–H groups in total. The van der Waals surface area contributed by atoms with Crippen LogP contribution in [0.3, 0.4) is 0 Å². The number of carboxylic acid groups (broad SMARTS) is 1. The monoisotopic (exact) mass is 263 g/mol. The maximum Gasteiger partial charge on any atom is 0.303 e. The second-order valence-electron chi connectivity index (χ2n) is 6.22. The summed E-state index contributed by atoms with van der Waals surface area (Å²) in [5, 5.41) is 16.5. The summed E-state index contributed by atoms with van der Waals surface area (Å²) in [6.07, 6.45) is 8.87. The van der Waals surface area contributed by atoms with E-state index in [0.29, 0.717) is 5.92 Å². The smallest absolute Gasteiger partial charge is 0.303 e. The molecule has 2 fully saturated rings. The van der Waals surface area contributed by atoms with Crippen LogP contribution in [0.15, 0.2) is 0 Å². The summed E-state index contributed by atoms with van der Waals surface area (Å²) in [7, 11) is 0. The van der Waals surface area contributed by atoms with Crippen LogP contribution in [0.25, 0.3) is 0 Å². The molecular weight excluding hydrogens is 242 g/mol. The first-order chi connectivity index (χ1) is 9.17. The molecule has 2 aliphatic carbocycles. The van der Waals surface area contributed by atoms with E-state index < -0.39 is 5.97 Å². The quantitative estimate of drug-likeness (QED) is 0.856. The van der Waals surface area contributed by atoms with Crippen molar-refractivity contribution in [1.29, 1.82) is 0 Å². The Morgan fingerprint density at radius 3 is 2.68 bits per heavy atom. The maximum atomic E-state index is 11.1. The number of rotatable bonds is 5. The van der Waals surface area contributed by atoms with Crippen LogP contribution in [0.5, 0.6) is 0 Å². The lowest BCUT2D eigenvalue weighted by Crippen LogP contribution is -2.30. The molecule has 5 nitrogen and oxygen atoms in total. The van der Waals surface area contributed by atoms with E-state index in [2.05, 4.69) is 15.2 Å². The van der Waals surface area contributed by atoms with Crippen molar-refractivity contribution >= 4 is 5.97 Å². The molecule has 0 atom stereocenters. The van der Waals surface area contributed by atoms with E-state index in [1.165, 1.54) is 19.3 Å². The molecule has 3 rings (SSSR count). The number of carbonyl (C=O) groups is 1. The van der Waals surface area contributed by atoms with Crippen LogP contribution < -0.4 is 0 Å². The van der Waals surface area contributed by atoms with Gasteiger partial charge in [0.2, 0.25) is 0 Å². The number of nitrogens with one attached hydrogen (secondary N) is 1. The average molecular weight is 263 g/mol. The Kier molecular flexibility index (Phi) is 3.29. The van der Waals surface area contributed by atoms with Crippen LogP contribution >= 0.6 is 0 Å². The second-order valence-corrected chi connectivity index (χ2v) is 6.22. The van der Waals surface area contributed by atoms with E-state index in [-0.39, 0.29) is 11.8 Å². The topological polar surface area (TPSA) is 78.9 Å². The third kappa shape index (κ3) is 2.96. The molecule has 1 aromatic rings. The zero-order chi connectivity index (χ0) is 13.3. The van der Waals surface area contributed by atoms with E-state index in [1.54, 1.807) is 0 Å². The van der Waals surface area contributed by atoms with Crippen molar-refractivity contribution in [2.75, 3.05) is 0 Å². The number of hydrogen-bond acceptors (Lipinski definition) is 3. The Bertz CT molecular complexity index is 459. The summed E-state index contributed by atoms with van der Waals surface area (Å²) >= 11 is 0. The highest BCUT2D eigenvalue weighted by molar-refractivity contribution is 5.67. The van der Waals surface area contributed by atoms with Crippen molar-refractivity contribution in [2.45, 2.75) is 63.7 Å². The molecule has 2 saturated carbocycles. The van der Waals surface area contributed by atoms with Gasteiger partial charge in [-0.2, -0.15) is 5.10 Å². The van der Waals surface area contributed by atoms with Crippen LogP contribution in [0, 0.1) is 5.41 Å². The molecule has 0 unspecified atom stereocenters. The highest BCUT2D eigenvalue weighted by Crippen LogP contribution is 2.42. The SMILES string of the molecule is O=C(O)CC1(Cc2nc(C3CC3)n[nH]2)CCCCC1. The lowest BCUT2D eigenvalue weighted by Gasteiger charge is -2.35. The highest BCUT2D eigenvalue weighted by Gasteiger charge is 2.36. The van der Waals surface area contributed by atoms with Gasteiger partial charge in [-0.05, 0) is 31.1 Å². The van der Waals surface area contributed by atoms with E-state index in [9.17, 15) is 4.79 Å². The van der Waals surface area contributed by atoms with Gasteiger partial charge >= 0.3 is 5.97 Å². The van der Waals surface area contributed by atoms with Gasteiger partial charge in [-0.15, -0.1) is 0 Å². The first-order valence-electron chi connectivity index (χ1n) is 7.30. The fraction of sp³-hybridized carbons (Fsp3) is 0.786. The Morgan fingerprint density at radius 2 is 2.05 bits per heavy atom. The van der Waals surface area contributed by atoms with Gasteiger partial charge in [0.25, 0.3) is 0 Å². The summed E-state index contributed by atoms with van der Waals surface area (Å²) in [6.45, 7) is 0. The number of carboxylic acids is 1. The Hall–Kier alpha value is -1.39. The predicted molar refractivity (Wildman–Crippen MR) is 69.8 cm³/mol. The van der Waals surface area contributed by atoms with Gasteiger partial charge in [-0.25, -0.2) is 4.98 Å². The van der Waals surface area contributed by atoms with Gasteiger partial charge in [0.05, 0.1) is 6.42 Å². The summed E-state index contributed by atoms with van der Waals surface area (Å²) < 4.78 is 0. The molecule has 0 saturated heterocycles. The largest absolute Gasteiger partial charge is 0.481 e. The van der Waals surface area contributed by atoms with Gasteiger partial charge in [0, 0.05) is 12.3 Å². The number of aliphatic carboxylic acids is 1. The lowest BCUT2D eigenvalue weighted by molar-refractivity contribution is -0.140. The maximum absolute atomic E-state index is 11.1. The molecule has 2 aliphatic rings. The zero-order valence-electron chi connectivity index (χ0n) is 11.2. The molecule has 0 amide bonds. The third-order valence-electron chi connectivity index (χ3n) is 4.47. The van der Waals surface area contributed by atoms with Crippen molar-refractivity contribution in [2.24, 2.45) is 5.41 Å². The van der Waals surface area contributed by atoms with Crippen molar-refractivity contribution < 1.29 is 9.90 Å². The molecule has 104 valence electrons. The van der Waals surface area contributed by atoms with Gasteiger partial charge in [0.15, 0.2) is 5.82 Å². The summed E-state index contributed by atoms with van der Waals surface area (Å²) in [5.41, 5.74) is -0.107. The minimum Gasteiger partial charge on any atom is -0.481 e. The van der Waals surface area contributed by atoms with E-state index >= 15 is 0 Å². The van der Waals surface area contributed by atoms with E-state index in [1.807, 2.05) is 0 Å². The number of aromatic amines is 1. The van der Waals surface area contributed by atoms with Crippen molar-refractivity contribution in [3.05, 3.63) is 11.6 Å². The van der Waals surface area contributed by atoms with Gasteiger partial charge in [0.1, 0.15) is 5.82 Å². The molecule has 0 radical (unpaired) electrons. The normalized spacial score (nSPS) is 22.3. The summed E-state index contributed by atoms with van der Waals surface area (Å²) in [4.78, 5) is 15.7. The van der Waals surface area contributed by atoms with Crippen LogP contribution in [-0.2, 0) is 11.2 Å². The fourth-order valence-corrected chi connectivity index (χ4v) is 3.31. The van der Waals surface area contributed by atoms with Crippen LogP contribution in [-0.4, -0.2) is 26.3 Å². The molecule has 0 aliphatic heterocycles. The molecule has 19 heavy (non-hydrogen) atoms. The number of aromatic nitrogens is 3. The molecule has 1 aromatic heterocycles. The Labute approximate surface area is 112 Å². The minimum atomic E-state index is -0.691. The van der Waals surface area contributed by atoms with Crippen LogP contribution in [0.1, 0.15) is 68.9 Å². The molecule has 0 spiro atoms. The number of nitrogens with zero attached hydrogens (tertiary/aromatic N) is 2. The first kappa shape index (κ1) is 12.6. The zero-order valence-corrected chi connectivity index (χ0v) is 11.2. The van der Waals surface area contributed by atoms with Gasteiger partial charge < -0.3 is 5.11 Å². The third-order valence-corrected chi connectivity index (χ3v) is 4.47. The number of H-pyrrole nitrogens is 1. The Morgan fingerprint density at radius 1 is 1.32 bits per heavy atom. The predicted octanol–water partition coefficient (Wildman–Crippen LogP) is 2.65. The van der Waals surface area contributed by atoms with Gasteiger partial charge in [-0.3, -0.25) is 9.89 Å². The summed E-state index contributed by atoms with van der Waals surface area (Å²) in [5.74, 6) is 1.66. The second kappa shape index (κ2) is 4.94. The first-order valence-corrected chi connectivity index (χ1v) is 7.30. The van der Waals surface area contributed by atoms with E-state index in [0.717, 1.165) is 43.8 Å². The van der Waals surface area contributed by atoms with Crippen molar-refractivity contribution in [3.63, 3.8) is 0 Å². The number of hydrogen-bond donors (Lipinski definition) is 2. The molecule has 0 bridgehead atoms. The van der Waals surface area contributed by atoms with Crippen LogP contribution in [0.2, 0.25) is 0 Å². The van der Waals surface area contributed by atoms with Gasteiger partial charge in [-0.1, -0.05) is 19.3 Å². The fourth-order valence-electron chi connectivity index (χ4n) is 3.31. The minimum absolute atomic E-state index is 0.107. The molecule has 5 heteroatoms. The molecule has 0 aromatic carbocycles. The Balaban J connectivity index is 1.73. The lowest BCUT2D eigenvalue weighted by atomic mass is 9.69. The summed E-state index contributed by atoms with van der Waals surface area (Å²) in [6, 6.07) is 0. The average Bonchev–Trinajstić information content (AvgIpc) is 3.11.